The molecule has 0 radical (unpaired) electrons. The largest absolute Gasteiger partial charge is 0.471 e. The van der Waals surface area contributed by atoms with Gasteiger partial charge in [-0.25, -0.2) is 0 Å². The first-order chi connectivity index (χ1) is 15.6. The maximum Gasteiger partial charge on any atom is 0.292 e. The van der Waals surface area contributed by atoms with E-state index in [1.54, 1.807) is 11.3 Å². The van der Waals surface area contributed by atoms with Gasteiger partial charge in [-0.05, 0) is 59.4 Å². The van der Waals surface area contributed by atoms with E-state index >= 15 is 0 Å². The van der Waals surface area contributed by atoms with Crippen LogP contribution in [0.15, 0.2) is 6.07 Å². The number of thiophene rings is 1. The maximum atomic E-state index is 13.6. The van der Waals surface area contributed by atoms with Crippen molar-refractivity contribution < 1.29 is 24.2 Å². The summed E-state index contributed by atoms with van der Waals surface area (Å²) in [6.45, 7) is 11.1. The second-order valence-electron chi connectivity index (χ2n) is 10.0. The number of aliphatic hydroxyl groups excluding tert-OH is 1. The molecule has 33 heavy (non-hydrogen) atoms. The summed E-state index contributed by atoms with van der Waals surface area (Å²) in [5.41, 5.74) is -0.0517. The normalized spacial score (nSPS) is 23.8. The number of carbonyl (C=O) groups excluding carboxylic acids is 2. The molecule has 0 spiro atoms. The van der Waals surface area contributed by atoms with Crippen molar-refractivity contribution in [3.8, 4) is 11.8 Å². The third kappa shape index (κ3) is 7.30. The Hall–Kier alpha value is -1.88. The van der Waals surface area contributed by atoms with Crippen molar-refractivity contribution in [3.63, 3.8) is 0 Å². The summed E-state index contributed by atoms with van der Waals surface area (Å²) < 4.78 is 9.96. The van der Waals surface area contributed by atoms with Crippen LogP contribution in [0.5, 0.6) is 0 Å². The van der Waals surface area contributed by atoms with Gasteiger partial charge in [0.1, 0.15) is 5.60 Å². The molecule has 2 fully saturated rings. The lowest BCUT2D eigenvalue weighted by Crippen LogP contribution is -2.62. The van der Waals surface area contributed by atoms with Gasteiger partial charge < -0.3 is 19.5 Å². The van der Waals surface area contributed by atoms with Crippen molar-refractivity contribution in [3.05, 3.63) is 15.8 Å². The van der Waals surface area contributed by atoms with Crippen molar-refractivity contribution >= 4 is 29.4 Å². The maximum absolute atomic E-state index is 13.6. The van der Waals surface area contributed by atoms with Crippen molar-refractivity contribution in [1.82, 2.24) is 0 Å². The average Bonchev–Trinajstić information content (AvgIpc) is 3.15. The quantitative estimate of drug-likeness (QED) is 0.492. The molecule has 1 aromatic heterocycles. The van der Waals surface area contributed by atoms with Crippen LogP contribution in [0.3, 0.4) is 0 Å². The zero-order valence-corrected chi connectivity index (χ0v) is 21.7. The van der Waals surface area contributed by atoms with E-state index in [0.717, 1.165) is 28.3 Å². The molecule has 2 heterocycles. The summed E-state index contributed by atoms with van der Waals surface area (Å²) in [5.74, 6) is 7.05. The monoisotopic (exact) mass is 477 g/mol. The lowest BCUT2D eigenvalue weighted by molar-refractivity contribution is -0.155. The van der Waals surface area contributed by atoms with Gasteiger partial charge in [0.2, 0.25) is 0 Å². The number of ether oxygens (including phenoxy) is 2. The van der Waals surface area contributed by atoms with E-state index in [9.17, 15) is 9.90 Å². The number of anilines is 1. The number of nitrogens with zero attached hydrogens (tertiary/aromatic N) is 1. The highest BCUT2D eigenvalue weighted by molar-refractivity contribution is 7.13. The number of morpholine rings is 1. The van der Waals surface area contributed by atoms with Crippen LogP contribution in [0.25, 0.3) is 0 Å². The molecule has 2 atom stereocenters. The third-order valence-corrected chi connectivity index (χ3v) is 7.12. The molecule has 0 bridgehead atoms. The highest BCUT2D eigenvalue weighted by atomic mass is 32.1. The Bertz CT molecular complexity index is 856. The molecular formula is C26H39NO5S. The van der Waals surface area contributed by atoms with Gasteiger partial charge in [-0.1, -0.05) is 31.1 Å². The van der Waals surface area contributed by atoms with Crippen molar-refractivity contribution in [2.75, 3.05) is 25.2 Å². The summed E-state index contributed by atoms with van der Waals surface area (Å²) in [4.78, 5) is 26.7. The molecule has 1 saturated carbocycles. The average molecular weight is 478 g/mol. The van der Waals surface area contributed by atoms with Crippen LogP contribution >= 0.6 is 11.3 Å². The standard InChI is InChI=1S/C24H35NO3S.C2H4O2/c1-17-20(15-19(29-17)11-12-23(2,3)4)25-21(18-9-7-6-8-10-18)16-28-24(5,13-14-26)22(25)27;1-4-2-3/h15,18,21,26H,6-10,13-14,16H2,1-5H3;2H,1H3/t21?,24-;/m1./s1. The number of methoxy groups -OCH3 is 1. The lowest BCUT2D eigenvalue weighted by Gasteiger charge is -2.47. The molecule has 1 saturated heterocycles. The van der Waals surface area contributed by atoms with E-state index < -0.39 is 5.60 Å². The van der Waals surface area contributed by atoms with E-state index in [2.05, 4.69) is 50.3 Å². The van der Waals surface area contributed by atoms with Gasteiger partial charge in [0.15, 0.2) is 0 Å². The molecule has 1 N–H and O–H groups in total. The number of rotatable bonds is 5. The first-order valence-corrected chi connectivity index (χ1v) is 12.6. The minimum Gasteiger partial charge on any atom is -0.471 e. The smallest absolute Gasteiger partial charge is 0.292 e. The summed E-state index contributed by atoms with van der Waals surface area (Å²) >= 11 is 1.66. The highest BCUT2D eigenvalue weighted by Gasteiger charge is 2.48. The second-order valence-corrected chi connectivity index (χ2v) is 11.3. The SMILES string of the molecule is COC=O.Cc1sc(C#CC(C)(C)C)cc1N1C(=O)[C@@](C)(CCO)OCC1C1CCCCC1. The molecule has 3 rings (SSSR count). The van der Waals surface area contributed by atoms with E-state index in [-0.39, 0.29) is 24.0 Å². The van der Waals surface area contributed by atoms with Crippen LogP contribution in [0.2, 0.25) is 0 Å². The predicted molar refractivity (Wildman–Crippen MR) is 132 cm³/mol. The number of carbonyl (C=O) groups is 2. The molecule has 0 aromatic carbocycles. The molecule has 184 valence electrons. The van der Waals surface area contributed by atoms with Crippen LogP contribution in [-0.4, -0.2) is 49.5 Å². The molecule has 6 nitrogen and oxygen atoms in total. The fraction of sp³-hybridized carbons (Fsp3) is 0.692. The van der Waals surface area contributed by atoms with Crippen LogP contribution in [0.1, 0.15) is 76.0 Å². The Morgan fingerprint density at radius 3 is 2.52 bits per heavy atom. The minimum atomic E-state index is -0.967. The Labute approximate surface area is 202 Å². The Morgan fingerprint density at radius 1 is 1.33 bits per heavy atom. The number of aryl methyl sites for hydroxylation is 1. The molecule has 7 heteroatoms. The summed E-state index contributed by atoms with van der Waals surface area (Å²) in [6, 6.07) is 2.14. The number of hydrogen-bond acceptors (Lipinski definition) is 6. The van der Waals surface area contributed by atoms with Gasteiger partial charge in [0, 0.05) is 23.3 Å². The Balaban J connectivity index is 0.000000890. The molecule has 1 amide bonds. The van der Waals surface area contributed by atoms with Gasteiger partial charge >= 0.3 is 0 Å². The topological polar surface area (TPSA) is 76.1 Å². The first-order valence-electron chi connectivity index (χ1n) is 11.7. The summed E-state index contributed by atoms with van der Waals surface area (Å²) in [6.07, 6.45) is 6.34. The number of aliphatic hydroxyl groups is 1. The van der Waals surface area contributed by atoms with Crippen LogP contribution in [-0.2, 0) is 19.1 Å². The molecule has 1 unspecified atom stereocenters. The zero-order valence-electron chi connectivity index (χ0n) is 20.9. The van der Waals surface area contributed by atoms with Crippen LogP contribution in [0.4, 0.5) is 5.69 Å². The first kappa shape index (κ1) is 27.4. The van der Waals surface area contributed by atoms with Crippen LogP contribution in [0, 0.1) is 30.1 Å². The highest BCUT2D eigenvalue weighted by Crippen LogP contribution is 2.40. The van der Waals surface area contributed by atoms with Gasteiger partial charge in [-0.3, -0.25) is 9.59 Å². The van der Waals surface area contributed by atoms with E-state index in [1.165, 1.54) is 26.4 Å². The minimum absolute atomic E-state index is 0.0235. The van der Waals surface area contributed by atoms with E-state index in [4.69, 9.17) is 9.53 Å². The van der Waals surface area contributed by atoms with Crippen LogP contribution < -0.4 is 4.90 Å². The van der Waals surface area contributed by atoms with E-state index in [1.807, 2.05) is 11.8 Å². The van der Waals surface area contributed by atoms with Crippen molar-refractivity contribution in [2.24, 2.45) is 11.3 Å². The fourth-order valence-corrected chi connectivity index (χ4v) is 5.24. The summed E-state index contributed by atoms with van der Waals surface area (Å²) in [5, 5.41) is 9.51. The second kappa shape index (κ2) is 12.0. The molecule has 1 aliphatic heterocycles. The number of amides is 1. The van der Waals surface area contributed by atoms with Crippen molar-refractivity contribution in [2.45, 2.75) is 84.8 Å². The van der Waals surface area contributed by atoms with Gasteiger partial charge in [-0.15, -0.1) is 11.3 Å². The summed E-state index contributed by atoms with van der Waals surface area (Å²) in [7, 11) is 1.31. The third-order valence-electron chi connectivity index (χ3n) is 6.17. The molecule has 1 aromatic rings. The Kier molecular flexibility index (Phi) is 9.96. The van der Waals surface area contributed by atoms with Crippen molar-refractivity contribution in [1.29, 1.82) is 0 Å². The van der Waals surface area contributed by atoms with E-state index in [0.29, 0.717) is 25.4 Å². The van der Waals surface area contributed by atoms with Gasteiger partial charge in [-0.2, -0.15) is 0 Å². The fourth-order valence-electron chi connectivity index (χ4n) is 4.38. The number of hydrogen-bond donors (Lipinski definition) is 1. The predicted octanol–water partition coefficient (Wildman–Crippen LogP) is 4.70. The molecule has 1 aliphatic carbocycles. The lowest BCUT2D eigenvalue weighted by atomic mass is 9.81. The zero-order chi connectivity index (χ0) is 24.6. The van der Waals surface area contributed by atoms with Gasteiger partial charge in [0.05, 0.1) is 30.3 Å². The molecular weight excluding hydrogens is 438 g/mol. The Morgan fingerprint density at radius 2 is 1.97 bits per heavy atom. The molecule has 2 aliphatic rings. The van der Waals surface area contributed by atoms with Gasteiger partial charge in [0.25, 0.3) is 12.4 Å².